The molecule has 4 heterocycles. The minimum Gasteiger partial charge on any atom is -0.352 e. The average molecular weight is 370 g/mol. The third kappa shape index (κ3) is 2.81. The zero-order valence-electron chi connectivity index (χ0n) is 14.9. The molecule has 0 unspecified atom stereocenters. The Hall–Kier alpha value is -3.04. The zero-order chi connectivity index (χ0) is 18.5. The summed E-state index contributed by atoms with van der Waals surface area (Å²) in [6.45, 7) is 4.64. The summed E-state index contributed by atoms with van der Waals surface area (Å²) in [4.78, 5) is 23.1. The number of hydrogen-bond acceptors (Lipinski definition) is 7. The lowest BCUT2D eigenvalue weighted by molar-refractivity contribution is 0.569. The van der Waals surface area contributed by atoms with Crippen molar-refractivity contribution >= 4 is 17.4 Å². The number of anilines is 2. The maximum Gasteiger partial charge on any atom is 0.288 e. The van der Waals surface area contributed by atoms with Crippen LogP contribution in [0.3, 0.4) is 0 Å². The van der Waals surface area contributed by atoms with E-state index in [4.69, 9.17) is 0 Å². The van der Waals surface area contributed by atoms with E-state index in [1.807, 2.05) is 24.0 Å². The van der Waals surface area contributed by atoms with Gasteiger partial charge in [-0.1, -0.05) is 0 Å². The molecule has 10 heteroatoms. The Morgan fingerprint density at radius 3 is 2.59 bits per heavy atom. The second-order valence-electron chi connectivity index (χ2n) is 7.05. The van der Waals surface area contributed by atoms with E-state index in [1.165, 1.54) is 0 Å². The first-order valence-electron chi connectivity index (χ1n) is 9.09. The lowest BCUT2D eigenvalue weighted by atomic mass is 10.2. The Morgan fingerprint density at radius 2 is 1.85 bits per heavy atom. The van der Waals surface area contributed by atoms with Crippen molar-refractivity contribution in [3.8, 4) is 0 Å². The fraction of sp³-hybridized carbons (Fsp3) is 0.471. The number of aromatic amines is 1. The van der Waals surface area contributed by atoms with Crippen LogP contribution in [0, 0.1) is 12.7 Å². The first-order chi connectivity index (χ1) is 13.1. The Kier molecular flexibility index (Phi) is 3.59. The predicted octanol–water partition coefficient (Wildman–Crippen LogP) is 0.859. The van der Waals surface area contributed by atoms with Gasteiger partial charge in [0.25, 0.3) is 5.56 Å². The van der Waals surface area contributed by atoms with E-state index >= 15 is 0 Å². The molecule has 3 aromatic heterocycles. The van der Waals surface area contributed by atoms with Gasteiger partial charge in [0, 0.05) is 32.1 Å². The number of piperazine rings is 1. The van der Waals surface area contributed by atoms with Crippen molar-refractivity contribution < 1.29 is 4.39 Å². The first kappa shape index (κ1) is 16.2. The minimum atomic E-state index is -0.735. The van der Waals surface area contributed by atoms with Crippen LogP contribution in [0.2, 0.25) is 0 Å². The van der Waals surface area contributed by atoms with Gasteiger partial charge in [0.1, 0.15) is 5.82 Å². The molecular formula is C17H19FN8O. The van der Waals surface area contributed by atoms with E-state index in [0.29, 0.717) is 24.7 Å². The quantitative estimate of drug-likeness (QED) is 0.730. The Bertz CT molecular complexity index is 1060. The number of aryl methyl sites for hydroxylation is 1. The second kappa shape index (κ2) is 6.00. The third-order valence-corrected chi connectivity index (χ3v) is 5.15. The lowest BCUT2D eigenvalue weighted by Crippen LogP contribution is -2.48. The van der Waals surface area contributed by atoms with Gasteiger partial charge in [-0.15, -0.1) is 15.3 Å². The van der Waals surface area contributed by atoms with E-state index in [1.54, 1.807) is 4.52 Å². The average Bonchev–Trinajstić information content (AvgIpc) is 3.47. The molecule has 27 heavy (non-hydrogen) atoms. The zero-order valence-corrected chi connectivity index (χ0v) is 14.9. The molecule has 1 N–H and O–H groups in total. The molecule has 0 radical (unpaired) electrons. The molecule has 0 spiro atoms. The van der Waals surface area contributed by atoms with Gasteiger partial charge in [-0.25, -0.2) is 4.98 Å². The van der Waals surface area contributed by atoms with Crippen LogP contribution < -0.4 is 15.4 Å². The number of fused-ring (bicyclic) bond motifs is 1. The van der Waals surface area contributed by atoms with Gasteiger partial charge in [-0.2, -0.15) is 8.91 Å². The number of aromatic nitrogens is 6. The molecule has 0 amide bonds. The monoisotopic (exact) mass is 370 g/mol. The summed E-state index contributed by atoms with van der Waals surface area (Å²) in [6.07, 6.45) is 1.80. The van der Waals surface area contributed by atoms with Crippen molar-refractivity contribution in [1.82, 2.24) is 29.8 Å². The van der Waals surface area contributed by atoms with Gasteiger partial charge < -0.3 is 9.80 Å². The van der Waals surface area contributed by atoms with Crippen LogP contribution >= 0.6 is 0 Å². The van der Waals surface area contributed by atoms with Crippen molar-refractivity contribution in [2.45, 2.75) is 25.7 Å². The predicted molar refractivity (Wildman–Crippen MR) is 96.7 cm³/mol. The number of nitrogens with zero attached hydrogens (tertiary/aromatic N) is 7. The van der Waals surface area contributed by atoms with Crippen LogP contribution in [0.25, 0.3) is 5.65 Å². The Balaban J connectivity index is 1.35. The molecule has 1 aliphatic heterocycles. The summed E-state index contributed by atoms with van der Waals surface area (Å²) in [5.74, 6) is 1.41. The van der Waals surface area contributed by atoms with Crippen LogP contribution in [-0.2, 0) is 0 Å². The molecule has 0 bridgehead atoms. The fourth-order valence-electron chi connectivity index (χ4n) is 3.44. The second-order valence-corrected chi connectivity index (χ2v) is 7.05. The highest BCUT2D eigenvalue weighted by molar-refractivity contribution is 5.47. The Labute approximate surface area is 153 Å². The largest absolute Gasteiger partial charge is 0.352 e. The van der Waals surface area contributed by atoms with Crippen LogP contribution in [-0.4, -0.2) is 56.0 Å². The lowest BCUT2D eigenvalue weighted by Gasteiger charge is -2.35. The first-order valence-corrected chi connectivity index (χ1v) is 9.09. The van der Waals surface area contributed by atoms with Gasteiger partial charge in [-0.05, 0) is 31.9 Å². The SMILES string of the molecule is Cc1nnc2ccc(N3CCN(c4nc(C5CC5)c(F)c(=O)[nH]4)CC3)nn12. The summed E-state index contributed by atoms with van der Waals surface area (Å²) < 4.78 is 15.7. The van der Waals surface area contributed by atoms with Crippen molar-refractivity contribution in [3.63, 3.8) is 0 Å². The Morgan fingerprint density at radius 1 is 1.11 bits per heavy atom. The minimum absolute atomic E-state index is 0.0929. The number of nitrogens with one attached hydrogen (secondary N) is 1. The van der Waals surface area contributed by atoms with E-state index in [0.717, 1.165) is 43.2 Å². The van der Waals surface area contributed by atoms with E-state index < -0.39 is 11.4 Å². The van der Waals surface area contributed by atoms with Crippen molar-refractivity contribution in [2.75, 3.05) is 36.0 Å². The summed E-state index contributed by atoms with van der Waals surface area (Å²) >= 11 is 0. The number of H-pyrrole nitrogens is 1. The van der Waals surface area contributed by atoms with E-state index in [9.17, 15) is 9.18 Å². The normalized spacial score (nSPS) is 17.7. The smallest absolute Gasteiger partial charge is 0.288 e. The molecule has 3 aromatic rings. The molecule has 1 saturated carbocycles. The maximum absolute atomic E-state index is 14.0. The van der Waals surface area contributed by atoms with Crippen LogP contribution in [0.15, 0.2) is 16.9 Å². The number of hydrogen-bond donors (Lipinski definition) is 1. The molecule has 140 valence electrons. The molecule has 1 saturated heterocycles. The molecule has 1 aliphatic carbocycles. The maximum atomic E-state index is 14.0. The van der Waals surface area contributed by atoms with E-state index in [-0.39, 0.29) is 5.92 Å². The molecule has 0 atom stereocenters. The summed E-state index contributed by atoms with van der Waals surface area (Å²) in [5, 5.41) is 12.7. The topological polar surface area (TPSA) is 95.3 Å². The summed E-state index contributed by atoms with van der Waals surface area (Å²) in [6, 6.07) is 3.83. The van der Waals surface area contributed by atoms with Crippen LogP contribution in [0.5, 0.6) is 0 Å². The van der Waals surface area contributed by atoms with Gasteiger partial charge in [0.15, 0.2) is 11.5 Å². The standard InChI is InChI=1S/C17H19FN8O/c1-10-21-22-12-4-5-13(23-26(10)12)24-6-8-25(9-7-24)17-19-15(11-2-3-11)14(18)16(27)20-17/h4-5,11H,2-3,6-9H2,1H3,(H,19,20,27). The molecule has 9 nitrogen and oxygen atoms in total. The highest BCUT2D eigenvalue weighted by atomic mass is 19.1. The van der Waals surface area contributed by atoms with Crippen LogP contribution in [0.1, 0.15) is 30.3 Å². The van der Waals surface area contributed by atoms with Crippen molar-refractivity contribution in [2.24, 2.45) is 0 Å². The van der Waals surface area contributed by atoms with Gasteiger partial charge >= 0.3 is 0 Å². The van der Waals surface area contributed by atoms with Gasteiger partial charge in [0.2, 0.25) is 11.8 Å². The number of halogens is 1. The molecule has 2 fully saturated rings. The molecular weight excluding hydrogens is 351 g/mol. The fourth-order valence-corrected chi connectivity index (χ4v) is 3.44. The van der Waals surface area contributed by atoms with Crippen LogP contribution in [0.4, 0.5) is 16.2 Å². The summed E-state index contributed by atoms with van der Waals surface area (Å²) in [5.41, 5.74) is 0.349. The van der Waals surface area contributed by atoms with Crippen molar-refractivity contribution in [1.29, 1.82) is 0 Å². The highest BCUT2D eigenvalue weighted by Crippen LogP contribution is 2.39. The van der Waals surface area contributed by atoms with Gasteiger partial charge in [-0.3, -0.25) is 9.78 Å². The highest BCUT2D eigenvalue weighted by Gasteiger charge is 2.31. The van der Waals surface area contributed by atoms with Crippen molar-refractivity contribution in [3.05, 3.63) is 39.8 Å². The van der Waals surface area contributed by atoms with E-state index in [2.05, 4.69) is 30.2 Å². The molecule has 5 rings (SSSR count). The summed E-state index contributed by atoms with van der Waals surface area (Å²) in [7, 11) is 0. The van der Waals surface area contributed by atoms with Gasteiger partial charge in [0.05, 0.1) is 5.69 Å². The molecule has 0 aromatic carbocycles. The number of rotatable bonds is 3. The molecule has 2 aliphatic rings. The third-order valence-electron chi connectivity index (χ3n) is 5.15.